The van der Waals surface area contributed by atoms with Gasteiger partial charge in [-0.25, -0.2) is 8.78 Å². The summed E-state index contributed by atoms with van der Waals surface area (Å²) in [5.41, 5.74) is 3.69. The Morgan fingerprint density at radius 2 is 1.90 bits per heavy atom. The van der Waals surface area contributed by atoms with Crippen molar-refractivity contribution < 1.29 is 8.78 Å². The van der Waals surface area contributed by atoms with Crippen molar-refractivity contribution in [1.82, 2.24) is 5.32 Å². The van der Waals surface area contributed by atoms with Gasteiger partial charge >= 0.3 is 0 Å². The molecule has 2 aromatic rings. The predicted octanol–water partition coefficient (Wildman–Crippen LogP) is 4.26. The molecule has 0 aliphatic carbocycles. The molecule has 0 bridgehead atoms. The van der Waals surface area contributed by atoms with Gasteiger partial charge in [0, 0.05) is 24.7 Å². The predicted molar refractivity (Wildman–Crippen MR) is 79.2 cm³/mol. The Morgan fingerprint density at radius 1 is 1.10 bits per heavy atom. The Bertz CT molecular complexity index is 628. The Kier molecular flexibility index (Phi) is 4.41. The average Bonchev–Trinajstić information content (AvgIpc) is 2.39. The van der Waals surface area contributed by atoms with Crippen LogP contribution in [0.15, 0.2) is 36.4 Å². The second-order valence-corrected chi connectivity index (χ2v) is 5.03. The third-order valence-corrected chi connectivity index (χ3v) is 3.72. The molecule has 1 aliphatic rings. The van der Waals surface area contributed by atoms with Gasteiger partial charge in [0.1, 0.15) is 11.6 Å². The van der Waals surface area contributed by atoms with Gasteiger partial charge in [-0.2, -0.15) is 0 Å². The van der Waals surface area contributed by atoms with Gasteiger partial charge in [-0.05, 0) is 34.7 Å². The first-order valence-electron chi connectivity index (χ1n) is 6.44. The van der Waals surface area contributed by atoms with Gasteiger partial charge in [0.25, 0.3) is 0 Å². The summed E-state index contributed by atoms with van der Waals surface area (Å²) in [5, 5.41) is 3.34. The van der Waals surface area contributed by atoms with Crippen LogP contribution in [0.4, 0.5) is 8.78 Å². The fourth-order valence-electron chi connectivity index (χ4n) is 2.75. The van der Waals surface area contributed by atoms with E-state index in [1.54, 1.807) is 0 Å². The number of hydrogen-bond donors (Lipinski definition) is 1. The maximum Gasteiger partial charge on any atom is 0.133 e. The normalized spacial score (nSPS) is 17.2. The summed E-state index contributed by atoms with van der Waals surface area (Å²) in [6, 6.07) is 9.69. The average molecular weight is 296 g/mol. The number of benzene rings is 2. The molecule has 4 heteroatoms. The molecule has 0 aromatic heterocycles. The van der Waals surface area contributed by atoms with Crippen LogP contribution in [-0.4, -0.2) is 6.54 Å². The van der Waals surface area contributed by atoms with Crippen molar-refractivity contribution in [2.45, 2.75) is 19.4 Å². The summed E-state index contributed by atoms with van der Waals surface area (Å²) in [7, 11) is 0. The van der Waals surface area contributed by atoms with E-state index in [0.717, 1.165) is 30.3 Å². The van der Waals surface area contributed by atoms with Crippen LogP contribution in [0, 0.1) is 11.6 Å². The number of rotatable bonds is 1. The SMILES string of the molecule is CC1CNCc2c(-c3ccc(F)cc3F)cccc21.Cl. The standard InChI is InChI=1S/C16H15F2N.ClH/c1-10-8-19-9-15-12(10)3-2-4-13(15)14-6-5-11(17)7-16(14)18;/h2-7,10,19H,8-9H2,1H3;1H. The molecular formula is C16H16ClF2N. The summed E-state index contributed by atoms with van der Waals surface area (Å²) in [6.07, 6.45) is 0. The van der Waals surface area contributed by atoms with E-state index in [1.807, 2.05) is 12.1 Å². The molecule has 1 heterocycles. The number of nitrogens with one attached hydrogen (secondary N) is 1. The van der Waals surface area contributed by atoms with Crippen molar-refractivity contribution in [2.24, 2.45) is 0 Å². The molecule has 1 N–H and O–H groups in total. The van der Waals surface area contributed by atoms with Crippen LogP contribution in [0.5, 0.6) is 0 Å². The van der Waals surface area contributed by atoms with Gasteiger partial charge in [-0.15, -0.1) is 12.4 Å². The van der Waals surface area contributed by atoms with Crippen LogP contribution < -0.4 is 5.32 Å². The van der Waals surface area contributed by atoms with E-state index in [0.29, 0.717) is 11.5 Å². The van der Waals surface area contributed by atoms with Crippen LogP contribution >= 0.6 is 12.4 Å². The largest absolute Gasteiger partial charge is 0.312 e. The summed E-state index contributed by atoms with van der Waals surface area (Å²) in [4.78, 5) is 0. The lowest BCUT2D eigenvalue weighted by Gasteiger charge is -2.26. The molecule has 0 saturated heterocycles. The first kappa shape index (κ1) is 14.9. The molecule has 106 valence electrons. The zero-order chi connectivity index (χ0) is 13.4. The second kappa shape index (κ2) is 5.90. The van der Waals surface area contributed by atoms with Gasteiger partial charge in [0.2, 0.25) is 0 Å². The fourth-order valence-corrected chi connectivity index (χ4v) is 2.75. The highest BCUT2D eigenvalue weighted by Crippen LogP contribution is 2.33. The van der Waals surface area contributed by atoms with E-state index < -0.39 is 11.6 Å². The van der Waals surface area contributed by atoms with Crippen molar-refractivity contribution in [3.8, 4) is 11.1 Å². The minimum atomic E-state index is -0.544. The van der Waals surface area contributed by atoms with E-state index in [2.05, 4.69) is 18.3 Å². The van der Waals surface area contributed by atoms with Crippen molar-refractivity contribution in [2.75, 3.05) is 6.54 Å². The Hall–Kier alpha value is -1.45. The lowest BCUT2D eigenvalue weighted by atomic mass is 9.87. The minimum Gasteiger partial charge on any atom is -0.312 e. The lowest BCUT2D eigenvalue weighted by Crippen LogP contribution is -2.27. The zero-order valence-corrected chi connectivity index (χ0v) is 11.9. The second-order valence-electron chi connectivity index (χ2n) is 5.03. The van der Waals surface area contributed by atoms with Crippen LogP contribution in [0.1, 0.15) is 24.0 Å². The lowest BCUT2D eigenvalue weighted by molar-refractivity contribution is 0.569. The fraction of sp³-hybridized carbons (Fsp3) is 0.250. The van der Waals surface area contributed by atoms with Gasteiger partial charge < -0.3 is 5.32 Å². The first-order chi connectivity index (χ1) is 9.16. The molecule has 0 amide bonds. The van der Waals surface area contributed by atoms with E-state index in [9.17, 15) is 8.78 Å². The first-order valence-corrected chi connectivity index (χ1v) is 6.44. The summed E-state index contributed by atoms with van der Waals surface area (Å²) >= 11 is 0. The third-order valence-electron chi connectivity index (χ3n) is 3.72. The van der Waals surface area contributed by atoms with E-state index in [-0.39, 0.29) is 12.4 Å². The number of hydrogen-bond acceptors (Lipinski definition) is 1. The molecule has 0 radical (unpaired) electrons. The molecule has 20 heavy (non-hydrogen) atoms. The van der Waals surface area contributed by atoms with Crippen LogP contribution in [-0.2, 0) is 6.54 Å². The van der Waals surface area contributed by atoms with E-state index in [4.69, 9.17) is 0 Å². The highest BCUT2D eigenvalue weighted by Gasteiger charge is 2.20. The van der Waals surface area contributed by atoms with Crippen molar-refractivity contribution >= 4 is 12.4 Å². The molecule has 1 atom stereocenters. The van der Waals surface area contributed by atoms with Crippen LogP contribution in [0.25, 0.3) is 11.1 Å². The van der Waals surface area contributed by atoms with Crippen LogP contribution in [0.3, 0.4) is 0 Å². The van der Waals surface area contributed by atoms with Crippen molar-refractivity contribution in [3.05, 3.63) is 59.2 Å². The Morgan fingerprint density at radius 3 is 2.65 bits per heavy atom. The highest BCUT2D eigenvalue weighted by atomic mass is 35.5. The molecule has 0 spiro atoms. The van der Waals surface area contributed by atoms with Crippen molar-refractivity contribution in [1.29, 1.82) is 0 Å². The molecule has 1 nitrogen and oxygen atoms in total. The van der Waals surface area contributed by atoms with Crippen molar-refractivity contribution in [3.63, 3.8) is 0 Å². The van der Waals surface area contributed by atoms with E-state index in [1.165, 1.54) is 17.7 Å². The smallest absolute Gasteiger partial charge is 0.133 e. The van der Waals surface area contributed by atoms with Gasteiger partial charge in [-0.1, -0.05) is 25.1 Å². The van der Waals surface area contributed by atoms with E-state index >= 15 is 0 Å². The molecule has 0 fully saturated rings. The van der Waals surface area contributed by atoms with Gasteiger partial charge in [-0.3, -0.25) is 0 Å². The third kappa shape index (κ3) is 2.56. The minimum absolute atomic E-state index is 0. The number of fused-ring (bicyclic) bond motifs is 1. The summed E-state index contributed by atoms with van der Waals surface area (Å²) in [5.74, 6) is -0.642. The number of halogens is 3. The molecular weight excluding hydrogens is 280 g/mol. The van der Waals surface area contributed by atoms with Crippen LogP contribution in [0.2, 0.25) is 0 Å². The summed E-state index contributed by atoms with van der Waals surface area (Å²) in [6.45, 7) is 3.81. The monoisotopic (exact) mass is 295 g/mol. The maximum atomic E-state index is 13.9. The quantitative estimate of drug-likeness (QED) is 0.829. The zero-order valence-electron chi connectivity index (χ0n) is 11.1. The molecule has 3 rings (SSSR count). The molecule has 0 saturated carbocycles. The molecule has 1 aliphatic heterocycles. The molecule has 1 unspecified atom stereocenters. The topological polar surface area (TPSA) is 12.0 Å². The highest BCUT2D eigenvalue weighted by molar-refractivity contribution is 5.85. The summed E-state index contributed by atoms with van der Waals surface area (Å²) < 4.78 is 27.0. The van der Waals surface area contributed by atoms with Gasteiger partial charge in [0.15, 0.2) is 0 Å². The Labute approximate surface area is 123 Å². The molecule has 2 aromatic carbocycles. The van der Waals surface area contributed by atoms with Gasteiger partial charge in [0.05, 0.1) is 0 Å². The Balaban J connectivity index is 0.00000147. The maximum absolute atomic E-state index is 13.9.